The zero-order valence-electron chi connectivity index (χ0n) is 19.1. The number of hydrogen-bond acceptors (Lipinski definition) is 9. The van der Waals surface area contributed by atoms with Gasteiger partial charge in [0.25, 0.3) is 5.91 Å². The summed E-state index contributed by atoms with van der Waals surface area (Å²) in [5.41, 5.74) is 1.78. The quantitative estimate of drug-likeness (QED) is 0.297. The first-order valence-electron chi connectivity index (χ1n) is 10.5. The lowest BCUT2D eigenvalue weighted by Crippen LogP contribution is -2.61. The second-order valence-electron chi connectivity index (χ2n) is 7.49. The molecule has 2 N–H and O–H groups in total. The number of carbonyl (C=O) groups excluding carboxylic acids is 2. The molecule has 0 saturated carbocycles. The number of piperazine rings is 1. The molecule has 1 aliphatic heterocycles. The smallest absolute Gasteiger partial charge is 0.409 e. The molecule has 1 aliphatic rings. The van der Waals surface area contributed by atoms with Crippen molar-refractivity contribution in [2.75, 3.05) is 40.0 Å². The van der Waals surface area contributed by atoms with Crippen LogP contribution in [0.1, 0.15) is 5.56 Å². The predicted octanol–water partition coefficient (Wildman–Crippen LogP) is 1.45. The van der Waals surface area contributed by atoms with Crippen molar-refractivity contribution >= 4 is 22.0 Å². The number of nitrogens with zero attached hydrogens (tertiary/aromatic N) is 3. The topological polar surface area (TPSA) is 158 Å². The molecule has 36 heavy (non-hydrogen) atoms. The minimum Gasteiger partial charge on any atom is -0.454 e. The highest BCUT2D eigenvalue weighted by atomic mass is 32.2. The molecule has 2 aromatic rings. The molecule has 0 unspecified atom stereocenters. The first-order valence-corrected chi connectivity index (χ1v) is 12.0. The summed E-state index contributed by atoms with van der Waals surface area (Å²) in [5, 5.41) is 18.0. The Balaban J connectivity index is 1.80. The number of ether oxygens (including phenoxy) is 3. The number of benzene rings is 2. The number of amides is 2. The molecule has 192 valence electrons. The first kappa shape index (κ1) is 26.8. The third-order valence-electron chi connectivity index (χ3n) is 5.24. The Morgan fingerprint density at radius 1 is 1.19 bits per heavy atom. The summed E-state index contributed by atoms with van der Waals surface area (Å²) in [5.74, 6) is -2.08. The molecule has 0 radical (unpaired) electrons. The van der Waals surface area contributed by atoms with Crippen molar-refractivity contribution in [1.29, 1.82) is 5.26 Å². The van der Waals surface area contributed by atoms with E-state index in [1.807, 2.05) is 6.07 Å². The van der Waals surface area contributed by atoms with Gasteiger partial charge in [-0.25, -0.2) is 23.1 Å². The third-order valence-corrected chi connectivity index (χ3v) is 7.14. The summed E-state index contributed by atoms with van der Waals surface area (Å²) in [4.78, 5) is 25.2. The average molecular weight is 523 g/mol. The van der Waals surface area contributed by atoms with Gasteiger partial charge in [-0.05, 0) is 42.5 Å². The van der Waals surface area contributed by atoms with Crippen LogP contribution in [0.25, 0.3) is 0 Å². The molecule has 1 heterocycles. The SMILES string of the molecule is COCCOC(=O)N1CCN(S(=O)(=O)c2ccc(Oc3ccc(C#N)cc3)c(F)c2)[C@@H](C(=O)NO)C1. The van der Waals surface area contributed by atoms with Crippen LogP contribution in [0.15, 0.2) is 47.4 Å². The van der Waals surface area contributed by atoms with E-state index in [-0.39, 0.29) is 37.8 Å². The molecule has 1 fully saturated rings. The molecule has 0 spiro atoms. The van der Waals surface area contributed by atoms with E-state index in [2.05, 4.69) is 0 Å². The van der Waals surface area contributed by atoms with Gasteiger partial charge < -0.3 is 19.1 Å². The van der Waals surface area contributed by atoms with Crippen molar-refractivity contribution in [2.24, 2.45) is 0 Å². The van der Waals surface area contributed by atoms with Crippen molar-refractivity contribution in [3.05, 3.63) is 53.8 Å². The fourth-order valence-electron chi connectivity index (χ4n) is 3.40. The van der Waals surface area contributed by atoms with Gasteiger partial charge in [0.05, 0.1) is 23.1 Å². The van der Waals surface area contributed by atoms with Crippen LogP contribution in [0.2, 0.25) is 0 Å². The van der Waals surface area contributed by atoms with E-state index < -0.39 is 45.3 Å². The molecule has 14 heteroatoms. The molecule has 12 nitrogen and oxygen atoms in total. The van der Waals surface area contributed by atoms with E-state index >= 15 is 0 Å². The minimum atomic E-state index is -4.43. The lowest BCUT2D eigenvalue weighted by molar-refractivity contribution is -0.134. The van der Waals surface area contributed by atoms with Crippen molar-refractivity contribution in [3.63, 3.8) is 0 Å². The average Bonchev–Trinajstić information content (AvgIpc) is 2.89. The fourth-order valence-corrected chi connectivity index (χ4v) is 4.98. The Bertz CT molecular complexity index is 1250. The Kier molecular flexibility index (Phi) is 8.78. The molecule has 1 saturated heterocycles. The first-order chi connectivity index (χ1) is 17.2. The Morgan fingerprint density at radius 2 is 1.92 bits per heavy atom. The van der Waals surface area contributed by atoms with Gasteiger partial charge in [0.1, 0.15) is 18.4 Å². The number of sulfonamides is 1. The van der Waals surface area contributed by atoms with E-state index in [1.54, 1.807) is 0 Å². The van der Waals surface area contributed by atoms with E-state index in [1.165, 1.54) is 36.9 Å². The molecule has 3 rings (SSSR count). The van der Waals surface area contributed by atoms with Crippen LogP contribution >= 0.6 is 0 Å². The van der Waals surface area contributed by atoms with Gasteiger partial charge in [0, 0.05) is 26.7 Å². The van der Waals surface area contributed by atoms with Gasteiger partial charge in [0.2, 0.25) is 10.0 Å². The van der Waals surface area contributed by atoms with Gasteiger partial charge in [-0.1, -0.05) is 0 Å². The van der Waals surface area contributed by atoms with Crippen molar-refractivity contribution in [1.82, 2.24) is 14.7 Å². The summed E-state index contributed by atoms with van der Waals surface area (Å²) < 4.78 is 57.3. The van der Waals surface area contributed by atoms with Gasteiger partial charge >= 0.3 is 6.09 Å². The van der Waals surface area contributed by atoms with Crippen LogP contribution in [0, 0.1) is 17.1 Å². The number of halogens is 1. The highest BCUT2D eigenvalue weighted by molar-refractivity contribution is 7.89. The van der Waals surface area contributed by atoms with Crippen molar-refractivity contribution in [2.45, 2.75) is 10.9 Å². The molecular weight excluding hydrogens is 499 g/mol. The number of carbonyl (C=O) groups is 2. The Morgan fingerprint density at radius 3 is 2.53 bits per heavy atom. The molecule has 2 amide bonds. The summed E-state index contributed by atoms with van der Waals surface area (Å²) in [7, 11) is -3.00. The third kappa shape index (κ3) is 6.07. The molecule has 1 atom stereocenters. The van der Waals surface area contributed by atoms with E-state index in [9.17, 15) is 22.4 Å². The summed E-state index contributed by atoms with van der Waals surface area (Å²) in [6.07, 6.45) is -0.782. The molecule has 0 bridgehead atoms. The van der Waals surface area contributed by atoms with E-state index in [0.717, 1.165) is 27.4 Å². The largest absolute Gasteiger partial charge is 0.454 e. The minimum absolute atomic E-state index is 0.0408. The van der Waals surface area contributed by atoms with Crippen LogP contribution in [0.4, 0.5) is 9.18 Å². The summed E-state index contributed by atoms with van der Waals surface area (Å²) in [6.45, 7) is -0.717. The van der Waals surface area contributed by atoms with Gasteiger partial charge in [-0.3, -0.25) is 10.0 Å². The Hall–Kier alpha value is -3.77. The zero-order valence-corrected chi connectivity index (χ0v) is 19.9. The van der Waals surface area contributed by atoms with Crippen LogP contribution in [0.5, 0.6) is 11.5 Å². The maximum Gasteiger partial charge on any atom is 0.409 e. The monoisotopic (exact) mass is 522 g/mol. The number of methoxy groups -OCH3 is 1. The predicted molar refractivity (Wildman–Crippen MR) is 120 cm³/mol. The number of nitriles is 1. The normalized spacial score (nSPS) is 16.2. The number of nitrogens with one attached hydrogen (secondary N) is 1. The highest BCUT2D eigenvalue weighted by Crippen LogP contribution is 2.29. The van der Waals surface area contributed by atoms with Gasteiger partial charge in [-0.2, -0.15) is 9.57 Å². The molecule has 2 aromatic carbocycles. The lowest BCUT2D eigenvalue weighted by Gasteiger charge is -2.38. The second-order valence-corrected chi connectivity index (χ2v) is 9.38. The Labute approximate surface area is 206 Å². The lowest BCUT2D eigenvalue weighted by atomic mass is 10.2. The highest BCUT2D eigenvalue weighted by Gasteiger charge is 2.42. The second kappa shape index (κ2) is 11.8. The number of hydroxylamine groups is 1. The maximum absolute atomic E-state index is 14.8. The summed E-state index contributed by atoms with van der Waals surface area (Å²) in [6, 6.07) is 9.28. The molecule has 0 aromatic heterocycles. The van der Waals surface area contributed by atoms with Crippen LogP contribution in [0.3, 0.4) is 0 Å². The van der Waals surface area contributed by atoms with Crippen LogP contribution in [-0.4, -0.2) is 80.8 Å². The van der Waals surface area contributed by atoms with E-state index in [0.29, 0.717) is 5.56 Å². The molecule has 0 aliphatic carbocycles. The van der Waals surface area contributed by atoms with Crippen molar-refractivity contribution < 1.29 is 41.8 Å². The van der Waals surface area contributed by atoms with Gasteiger partial charge in [0.15, 0.2) is 11.6 Å². The van der Waals surface area contributed by atoms with Crippen LogP contribution in [-0.2, 0) is 24.3 Å². The van der Waals surface area contributed by atoms with Crippen molar-refractivity contribution in [3.8, 4) is 17.6 Å². The number of hydrogen-bond donors (Lipinski definition) is 2. The standard InChI is InChI=1S/C22H23FN4O8S/c1-33-10-11-34-22(29)26-8-9-27(19(14-26)21(28)25-30)36(31,32)17-6-7-20(18(23)12-17)35-16-4-2-15(13-24)3-5-16/h2-7,12,19,30H,8-11,14H2,1H3,(H,25,28)/t19-/m1/s1. The maximum atomic E-state index is 14.8. The van der Waals surface area contributed by atoms with Crippen LogP contribution < -0.4 is 10.2 Å². The van der Waals surface area contributed by atoms with E-state index in [4.69, 9.17) is 24.7 Å². The number of rotatable bonds is 8. The summed E-state index contributed by atoms with van der Waals surface area (Å²) >= 11 is 0. The fraction of sp³-hybridized carbons (Fsp3) is 0.318. The molecular formula is C22H23FN4O8S. The van der Waals surface area contributed by atoms with Gasteiger partial charge in [-0.15, -0.1) is 0 Å². The zero-order chi connectivity index (χ0) is 26.3.